The first-order valence-corrected chi connectivity index (χ1v) is 9.55. The summed E-state index contributed by atoms with van der Waals surface area (Å²) in [6.07, 6.45) is 4.38. The molecule has 1 atom stereocenters. The van der Waals surface area contributed by atoms with Gasteiger partial charge in [0.05, 0.1) is 5.69 Å². The number of carbonyl (C=O) groups is 1. The van der Waals surface area contributed by atoms with Gasteiger partial charge in [-0.05, 0) is 18.6 Å². The van der Waals surface area contributed by atoms with Gasteiger partial charge in [-0.1, -0.05) is 30.3 Å². The van der Waals surface area contributed by atoms with Crippen LogP contribution in [-0.2, 0) is 24.3 Å². The summed E-state index contributed by atoms with van der Waals surface area (Å²) < 4.78 is 1.64. The Kier molecular flexibility index (Phi) is 4.81. The number of thiazole rings is 1. The molecule has 0 aliphatic carbocycles. The first kappa shape index (κ1) is 16.9. The minimum atomic E-state index is -0.361. The lowest BCUT2D eigenvalue weighted by Crippen LogP contribution is -2.29. The zero-order chi connectivity index (χ0) is 17.9. The molecule has 0 radical (unpaired) electrons. The third kappa shape index (κ3) is 3.68. The maximum absolute atomic E-state index is 12.4. The Balaban J connectivity index is 1.40. The number of nitrogens with one attached hydrogen (secondary N) is 1. The summed E-state index contributed by atoms with van der Waals surface area (Å²) in [5, 5.41) is 7.75. The predicted molar refractivity (Wildman–Crippen MR) is 102 cm³/mol. The summed E-state index contributed by atoms with van der Waals surface area (Å²) in [5.41, 5.74) is 2.43. The van der Waals surface area contributed by atoms with Crippen LogP contribution in [0.5, 0.6) is 0 Å². The summed E-state index contributed by atoms with van der Waals surface area (Å²) in [6.45, 7) is 4.64. The molecule has 4 rings (SSSR count). The Bertz CT molecular complexity index is 875. The minimum Gasteiger partial charge on any atom is -0.300 e. The van der Waals surface area contributed by atoms with Crippen LogP contribution >= 0.6 is 11.3 Å². The number of hydrogen-bond acceptors (Lipinski definition) is 5. The van der Waals surface area contributed by atoms with E-state index in [-0.39, 0.29) is 11.9 Å². The molecule has 134 valence electrons. The Morgan fingerprint density at radius 3 is 2.92 bits per heavy atom. The fraction of sp³-hybridized carbons (Fsp3) is 0.316. The molecule has 0 saturated heterocycles. The maximum atomic E-state index is 12.4. The lowest BCUT2D eigenvalue weighted by Gasteiger charge is -2.25. The highest BCUT2D eigenvalue weighted by Gasteiger charge is 2.23. The van der Waals surface area contributed by atoms with Gasteiger partial charge in [-0.15, -0.1) is 11.3 Å². The Hall–Kier alpha value is -2.51. The molecule has 0 fully saturated rings. The molecule has 1 aromatic carbocycles. The number of fused-ring (bicyclic) bond motifs is 1. The van der Waals surface area contributed by atoms with E-state index in [1.165, 1.54) is 10.4 Å². The molecule has 1 unspecified atom stereocenters. The average Bonchev–Trinajstić information content (AvgIpc) is 3.31. The van der Waals surface area contributed by atoms with Gasteiger partial charge < -0.3 is 5.32 Å². The second-order valence-corrected chi connectivity index (χ2v) is 7.57. The van der Waals surface area contributed by atoms with E-state index < -0.39 is 0 Å². The van der Waals surface area contributed by atoms with Crippen molar-refractivity contribution in [3.63, 3.8) is 0 Å². The number of nitrogens with zero attached hydrogens (tertiary/aromatic N) is 4. The molecule has 1 N–H and O–H groups in total. The van der Waals surface area contributed by atoms with Crippen LogP contribution in [0.1, 0.15) is 29.1 Å². The lowest BCUT2D eigenvalue weighted by atomic mass is 10.1. The van der Waals surface area contributed by atoms with Crippen molar-refractivity contribution in [1.82, 2.24) is 19.7 Å². The molecule has 3 heterocycles. The smallest absolute Gasteiger partial charge is 0.250 e. The first-order chi connectivity index (χ1) is 12.7. The highest BCUT2D eigenvalue weighted by Crippen LogP contribution is 2.29. The minimum absolute atomic E-state index is 0.0964. The maximum Gasteiger partial charge on any atom is 0.250 e. The highest BCUT2D eigenvalue weighted by atomic mass is 32.1. The second-order valence-electron chi connectivity index (χ2n) is 6.49. The van der Waals surface area contributed by atoms with Crippen molar-refractivity contribution in [3.05, 3.63) is 64.9 Å². The van der Waals surface area contributed by atoms with Crippen molar-refractivity contribution in [1.29, 1.82) is 0 Å². The highest BCUT2D eigenvalue weighted by molar-refractivity contribution is 7.15. The topological polar surface area (TPSA) is 63.1 Å². The summed E-state index contributed by atoms with van der Waals surface area (Å²) in [6, 6.07) is 12.0. The SMILES string of the molecule is CC(C(=O)Nc1nc2c(s1)CN(Cc1ccccc1)CC2)n1cccn1. The van der Waals surface area contributed by atoms with Crippen LogP contribution in [0.3, 0.4) is 0 Å². The Labute approximate surface area is 156 Å². The number of rotatable bonds is 5. The van der Waals surface area contributed by atoms with Gasteiger partial charge in [0.2, 0.25) is 0 Å². The molecule has 26 heavy (non-hydrogen) atoms. The normalized spacial score (nSPS) is 15.4. The molecule has 7 heteroatoms. The van der Waals surface area contributed by atoms with Crippen molar-refractivity contribution in [3.8, 4) is 0 Å². The van der Waals surface area contributed by atoms with E-state index in [1.807, 2.05) is 19.1 Å². The van der Waals surface area contributed by atoms with Crippen LogP contribution in [0.4, 0.5) is 5.13 Å². The molecule has 1 aliphatic rings. The number of carbonyl (C=O) groups excluding carboxylic acids is 1. The van der Waals surface area contributed by atoms with Gasteiger partial charge in [-0.3, -0.25) is 14.4 Å². The van der Waals surface area contributed by atoms with E-state index >= 15 is 0 Å². The fourth-order valence-corrected chi connectivity index (χ4v) is 4.17. The quantitative estimate of drug-likeness (QED) is 0.753. The largest absolute Gasteiger partial charge is 0.300 e. The molecule has 6 nitrogen and oxygen atoms in total. The van der Waals surface area contributed by atoms with Crippen LogP contribution in [0.25, 0.3) is 0 Å². The number of aromatic nitrogens is 3. The molecule has 1 amide bonds. The van der Waals surface area contributed by atoms with Crippen LogP contribution in [0, 0.1) is 0 Å². The van der Waals surface area contributed by atoms with E-state index in [1.54, 1.807) is 28.4 Å². The Morgan fingerprint density at radius 2 is 2.15 bits per heavy atom. The third-order valence-electron chi connectivity index (χ3n) is 4.59. The predicted octanol–water partition coefficient (Wildman–Crippen LogP) is 3.10. The summed E-state index contributed by atoms with van der Waals surface area (Å²) in [5.74, 6) is -0.0964. The molecule has 2 aromatic heterocycles. The number of benzene rings is 1. The van der Waals surface area contributed by atoms with Crippen LogP contribution in [-0.4, -0.2) is 32.1 Å². The monoisotopic (exact) mass is 367 g/mol. The molecule has 0 spiro atoms. The zero-order valence-corrected chi connectivity index (χ0v) is 15.4. The molecular formula is C19H21N5OS. The number of amides is 1. The van der Waals surface area contributed by atoms with Crippen LogP contribution in [0.2, 0.25) is 0 Å². The summed E-state index contributed by atoms with van der Waals surface area (Å²) in [7, 11) is 0. The van der Waals surface area contributed by atoms with Gasteiger partial charge in [0.15, 0.2) is 5.13 Å². The van der Waals surface area contributed by atoms with Crippen molar-refractivity contribution in [2.45, 2.75) is 32.5 Å². The molecule has 0 saturated carbocycles. The van der Waals surface area contributed by atoms with Crippen LogP contribution < -0.4 is 5.32 Å². The van der Waals surface area contributed by atoms with E-state index in [0.29, 0.717) is 5.13 Å². The Morgan fingerprint density at radius 1 is 1.31 bits per heavy atom. The van der Waals surface area contributed by atoms with Gasteiger partial charge in [0, 0.05) is 43.3 Å². The first-order valence-electron chi connectivity index (χ1n) is 8.74. The van der Waals surface area contributed by atoms with Crippen molar-refractivity contribution >= 4 is 22.4 Å². The number of anilines is 1. The second kappa shape index (κ2) is 7.39. The molecular weight excluding hydrogens is 346 g/mol. The molecule has 3 aromatic rings. The van der Waals surface area contributed by atoms with Crippen molar-refractivity contribution in [2.24, 2.45) is 0 Å². The van der Waals surface area contributed by atoms with E-state index in [4.69, 9.17) is 0 Å². The number of hydrogen-bond donors (Lipinski definition) is 1. The van der Waals surface area contributed by atoms with Gasteiger partial charge in [-0.25, -0.2) is 4.98 Å². The van der Waals surface area contributed by atoms with Gasteiger partial charge >= 0.3 is 0 Å². The summed E-state index contributed by atoms with van der Waals surface area (Å²) >= 11 is 1.58. The van der Waals surface area contributed by atoms with E-state index in [2.05, 4.69) is 44.6 Å². The summed E-state index contributed by atoms with van der Waals surface area (Å²) in [4.78, 5) is 20.7. The molecule has 1 aliphatic heterocycles. The van der Waals surface area contributed by atoms with E-state index in [0.717, 1.165) is 31.7 Å². The van der Waals surface area contributed by atoms with Gasteiger partial charge in [0.1, 0.15) is 6.04 Å². The van der Waals surface area contributed by atoms with Gasteiger partial charge in [0.25, 0.3) is 5.91 Å². The van der Waals surface area contributed by atoms with E-state index in [9.17, 15) is 4.79 Å². The lowest BCUT2D eigenvalue weighted by molar-refractivity contribution is -0.119. The fourth-order valence-electron chi connectivity index (χ4n) is 3.12. The van der Waals surface area contributed by atoms with Crippen molar-refractivity contribution in [2.75, 3.05) is 11.9 Å². The van der Waals surface area contributed by atoms with Crippen molar-refractivity contribution < 1.29 is 4.79 Å². The standard InChI is InChI=1S/C19H21N5OS/c1-14(24-10-5-9-20-24)18(25)22-19-21-16-8-11-23(13-17(16)26-19)12-15-6-3-2-4-7-15/h2-7,9-10,14H,8,11-13H2,1H3,(H,21,22,25). The average molecular weight is 367 g/mol. The van der Waals surface area contributed by atoms with Crippen LogP contribution in [0.15, 0.2) is 48.8 Å². The zero-order valence-electron chi connectivity index (χ0n) is 14.6. The van der Waals surface area contributed by atoms with Gasteiger partial charge in [-0.2, -0.15) is 5.10 Å². The third-order valence-corrected chi connectivity index (χ3v) is 5.59. The molecule has 0 bridgehead atoms.